The van der Waals surface area contributed by atoms with Gasteiger partial charge in [0.25, 0.3) is 0 Å². The molecule has 1 aromatic rings. The van der Waals surface area contributed by atoms with Gasteiger partial charge in [0.1, 0.15) is 0 Å². The zero-order valence-electron chi connectivity index (χ0n) is 10.1. The maximum atomic E-state index is 9.52. The van der Waals surface area contributed by atoms with Crippen LogP contribution in [0, 0.1) is 0 Å². The molecular formula is C12H12N4O2S. The van der Waals surface area contributed by atoms with Gasteiger partial charge in [-0.25, -0.2) is 10.0 Å². The van der Waals surface area contributed by atoms with E-state index in [0.717, 1.165) is 10.7 Å². The number of nitrogens with one attached hydrogen (secondary N) is 1. The summed E-state index contributed by atoms with van der Waals surface area (Å²) in [5.74, 6) is 0.374. The SMILES string of the molecule is CC1=NC2=CN(c3ccc(O)c(O)c3)NN2C(S)=C1. The average molecular weight is 276 g/mol. The molecule has 0 bridgehead atoms. The quantitative estimate of drug-likeness (QED) is 0.464. The largest absolute Gasteiger partial charge is 0.504 e. The minimum Gasteiger partial charge on any atom is -0.504 e. The number of anilines is 1. The number of aliphatic imine (C=N–C) groups is 1. The van der Waals surface area contributed by atoms with Gasteiger partial charge in [0.05, 0.1) is 16.9 Å². The lowest BCUT2D eigenvalue weighted by atomic mass is 10.3. The van der Waals surface area contributed by atoms with Crippen LogP contribution in [-0.2, 0) is 0 Å². The second-order valence-corrected chi connectivity index (χ2v) is 4.68. The van der Waals surface area contributed by atoms with Crippen LogP contribution in [0.25, 0.3) is 0 Å². The Labute approximate surface area is 115 Å². The molecule has 98 valence electrons. The number of phenolic OH excluding ortho intramolecular Hbond substituents is 2. The van der Waals surface area contributed by atoms with E-state index in [-0.39, 0.29) is 11.5 Å². The molecule has 0 saturated carbocycles. The van der Waals surface area contributed by atoms with E-state index >= 15 is 0 Å². The van der Waals surface area contributed by atoms with Gasteiger partial charge in [0.2, 0.25) is 0 Å². The number of thiol groups is 1. The van der Waals surface area contributed by atoms with Crippen molar-refractivity contribution in [2.45, 2.75) is 6.92 Å². The van der Waals surface area contributed by atoms with Gasteiger partial charge in [0, 0.05) is 11.8 Å². The van der Waals surface area contributed by atoms with Gasteiger partial charge < -0.3 is 10.2 Å². The van der Waals surface area contributed by atoms with Crippen molar-refractivity contribution in [1.29, 1.82) is 0 Å². The summed E-state index contributed by atoms with van der Waals surface area (Å²) in [5.41, 5.74) is 4.59. The van der Waals surface area contributed by atoms with Gasteiger partial charge >= 0.3 is 0 Å². The van der Waals surface area contributed by atoms with Crippen LogP contribution in [0.2, 0.25) is 0 Å². The summed E-state index contributed by atoms with van der Waals surface area (Å²) in [7, 11) is 0. The van der Waals surface area contributed by atoms with E-state index in [1.807, 2.05) is 13.0 Å². The van der Waals surface area contributed by atoms with Gasteiger partial charge in [0.15, 0.2) is 17.3 Å². The van der Waals surface area contributed by atoms with E-state index in [1.54, 1.807) is 22.3 Å². The molecule has 3 N–H and O–H groups in total. The highest BCUT2D eigenvalue weighted by Gasteiger charge is 2.26. The molecular weight excluding hydrogens is 264 g/mol. The predicted octanol–water partition coefficient (Wildman–Crippen LogP) is 1.68. The summed E-state index contributed by atoms with van der Waals surface area (Å²) in [6, 6.07) is 4.56. The average Bonchev–Trinajstić information content (AvgIpc) is 2.76. The highest BCUT2D eigenvalue weighted by molar-refractivity contribution is 7.84. The highest BCUT2D eigenvalue weighted by atomic mass is 32.1. The second-order valence-electron chi connectivity index (χ2n) is 4.22. The Morgan fingerprint density at radius 3 is 2.79 bits per heavy atom. The fourth-order valence-electron chi connectivity index (χ4n) is 1.87. The first kappa shape index (κ1) is 11.9. The Kier molecular flexibility index (Phi) is 2.65. The van der Waals surface area contributed by atoms with Crippen LogP contribution < -0.4 is 10.5 Å². The number of hydrogen-bond donors (Lipinski definition) is 4. The molecule has 0 aromatic heterocycles. The van der Waals surface area contributed by atoms with Crippen LogP contribution in [0.5, 0.6) is 11.5 Å². The molecule has 1 aromatic carbocycles. The molecule has 6 nitrogen and oxygen atoms in total. The fourth-order valence-corrected chi connectivity index (χ4v) is 2.20. The Hall–Kier alpha value is -2.12. The van der Waals surface area contributed by atoms with Crippen molar-refractivity contribution in [3.05, 3.63) is 41.3 Å². The fraction of sp³-hybridized carbons (Fsp3) is 0.0833. The zero-order chi connectivity index (χ0) is 13.6. The number of hydrogen-bond acceptors (Lipinski definition) is 7. The predicted molar refractivity (Wildman–Crippen MR) is 75.5 cm³/mol. The van der Waals surface area contributed by atoms with Crippen molar-refractivity contribution < 1.29 is 10.2 Å². The Balaban J connectivity index is 1.94. The van der Waals surface area contributed by atoms with E-state index in [4.69, 9.17) is 0 Å². The van der Waals surface area contributed by atoms with Gasteiger partial charge in [-0.05, 0) is 25.1 Å². The first-order valence-corrected chi connectivity index (χ1v) is 6.05. The molecule has 0 atom stereocenters. The number of rotatable bonds is 1. The first-order valence-electron chi connectivity index (χ1n) is 5.60. The molecule has 0 unspecified atom stereocenters. The maximum Gasteiger partial charge on any atom is 0.167 e. The zero-order valence-corrected chi connectivity index (χ0v) is 11.0. The molecule has 0 saturated heterocycles. The van der Waals surface area contributed by atoms with Crippen molar-refractivity contribution in [3.8, 4) is 11.5 Å². The third kappa shape index (κ3) is 2.02. The molecule has 2 aliphatic heterocycles. The number of allylic oxidation sites excluding steroid dienone is 1. The van der Waals surface area contributed by atoms with Crippen LogP contribution in [-0.4, -0.2) is 20.9 Å². The maximum absolute atomic E-state index is 9.52. The molecule has 3 rings (SSSR count). The Morgan fingerprint density at radius 2 is 2.05 bits per heavy atom. The number of aromatic hydroxyl groups is 2. The van der Waals surface area contributed by atoms with Crippen LogP contribution in [0.3, 0.4) is 0 Å². The summed E-state index contributed by atoms with van der Waals surface area (Å²) in [4.78, 5) is 4.37. The van der Waals surface area contributed by atoms with Gasteiger partial charge in [-0.15, -0.1) is 18.2 Å². The van der Waals surface area contributed by atoms with Crippen molar-refractivity contribution in [2.75, 3.05) is 5.01 Å². The van der Waals surface area contributed by atoms with E-state index < -0.39 is 0 Å². The third-order valence-corrected chi connectivity index (χ3v) is 3.11. The summed E-state index contributed by atoms with van der Waals surface area (Å²) in [5, 5.41) is 22.9. The van der Waals surface area contributed by atoms with E-state index in [1.165, 1.54) is 12.1 Å². The minimum absolute atomic E-state index is 0.156. The van der Waals surface area contributed by atoms with Crippen molar-refractivity contribution in [1.82, 2.24) is 10.5 Å². The van der Waals surface area contributed by atoms with E-state index in [0.29, 0.717) is 11.5 Å². The highest BCUT2D eigenvalue weighted by Crippen LogP contribution is 2.32. The molecule has 7 heteroatoms. The lowest BCUT2D eigenvalue weighted by Crippen LogP contribution is -2.39. The Bertz CT molecular complexity index is 639. The van der Waals surface area contributed by atoms with Crippen LogP contribution in [0.15, 0.2) is 46.3 Å². The standard InChI is InChI=1S/C12H12N4O2S/c1-7-4-12(19)16-11(13-7)6-15(14-16)8-2-3-9(17)10(18)5-8/h2-6,14,17-19H,1H3. The Morgan fingerprint density at radius 1 is 1.26 bits per heavy atom. The molecule has 0 aliphatic carbocycles. The molecule has 0 fully saturated rings. The van der Waals surface area contributed by atoms with E-state index in [9.17, 15) is 10.2 Å². The summed E-state index contributed by atoms with van der Waals surface area (Å²) in [6.45, 7) is 1.89. The van der Waals surface area contributed by atoms with Crippen LogP contribution >= 0.6 is 12.6 Å². The molecule has 0 amide bonds. The van der Waals surface area contributed by atoms with Gasteiger partial charge in [-0.2, -0.15) is 0 Å². The van der Waals surface area contributed by atoms with Crippen molar-refractivity contribution >= 4 is 24.0 Å². The minimum atomic E-state index is -0.177. The molecule has 19 heavy (non-hydrogen) atoms. The monoisotopic (exact) mass is 276 g/mol. The molecule has 0 spiro atoms. The number of benzene rings is 1. The van der Waals surface area contributed by atoms with Crippen molar-refractivity contribution in [2.24, 2.45) is 4.99 Å². The van der Waals surface area contributed by atoms with Crippen LogP contribution in [0.4, 0.5) is 5.69 Å². The van der Waals surface area contributed by atoms with Crippen molar-refractivity contribution in [3.63, 3.8) is 0 Å². The summed E-state index contributed by atoms with van der Waals surface area (Å²) >= 11 is 4.37. The van der Waals surface area contributed by atoms with Gasteiger partial charge in [-0.3, -0.25) is 5.01 Å². The molecule has 2 aliphatic rings. The normalized spacial score (nSPS) is 17.9. The number of hydrazine groups is 2. The summed E-state index contributed by atoms with van der Waals surface area (Å²) in [6.07, 6.45) is 3.61. The topological polar surface area (TPSA) is 71.3 Å². The van der Waals surface area contributed by atoms with Gasteiger partial charge in [-0.1, -0.05) is 0 Å². The van der Waals surface area contributed by atoms with Crippen LogP contribution in [0.1, 0.15) is 6.92 Å². The summed E-state index contributed by atoms with van der Waals surface area (Å²) < 4.78 is 0. The number of phenols is 2. The number of fused-ring (bicyclic) bond motifs is 1. The lowest BCUT2D eigenvalue weighted by molar-refractivity contribution is 0.359. The number of nitrogens with zero attached hydrogens (tertiary/aromatic N) is 3. The third-order valence-electron chi connectivity index (χ3n) is 2.78. The molecule has 0 radical (unpaired) electrons. The lowest BCUT2D eigenvalue weighted by Gasteiger charge is -2.25. The molecule has 2 heterocycles. The second kappa shape index (κ2) is 4.22. The smallest absolute Gasteiger partial charge is 0.167 e. The van der Waals surface area contributed by atoms with E-state index in [2.05, 4.69) is 23.2 Å². The first-order chi connectivity index (χ1) is 9.04.